The maximum absolute atomic E-state index is 12.3. The quantitative estimate of drug-likeness (QED) is 0.228. The molecule has 0 aliphatic carbocycles. The summed E-state index contributed by atoms with van der Waals surface area (Å²) in [6, 6.07) is 12.8. The minimum Gasteiger partial charge on any atom is -0.357 e. The zero-order chi connectivity index (χ0) is 18.8. The average molecular weight is 521 g/mol. The zero-order valence-corrected chi connectivity index (χ0v) is 19.7. The average Bonchev–Trinajstić information content (AvgIpc) is 3.12. The lowest BCUT2D eigenvalue weighted by Crippen LogP contribution is -2.38. The number of nitrogens with one attached hydrogen (secondary N) is 2. The molecule has 0 aliphatic rings. The van der Waals surface area contributed by atoms with Gasteiger partial charge < -0.3 is 10.6 Å². The second kappa shape index (κ2) is 12.4. The number of aliphatic imine (C=N–C) groups is 1. The molecule has 0 fully saturated rings. The maximum Gasteiger partial charge on any atom is 0.191 e. The van der Waals surface area contributed by atoms with E-state index in [-0.39, 0.29) is 29.7 Å². The van der Waals surface area contributed by atoms with Crippen LogP contribution in [0.15, 0.2) is 52.4 Å². The van der Waals surface area contributed by atoms with Crippen LogP contribution in [-0.4, -0.2) is 33.2 Å². The Morgan fingerprint density at radius 2 is 1.74 bits per heavy atom. The molecular weight excluding hydrogens is 493 g/mol. The molecule has 27 heavy (non-hydrogen) atoms. The smallest absolute Gasteiger partial charge is 0.191 e. The first-order valence-corrected chi connectivity index (χ1v) is 11.4. The molecule has 0 saturated carbocycles. The molecule has 0 spiro atoms. The van der Waals surface area contributed by atoms with Crippen molar-refractivity contribution >= 4 is 51.1 Å². The normalized spacial score (nSPS) is 11.7. The fourth-order valence-electron chi connectivity index (χ4n) is 2.41. The van der Waals surface area contributed by atoms with Crippen LogP contribution in [-0.2, 0) is 22.8 Å². The summed E-state index contributed by atoms with van der Waals surface area (Å²) in [5.41, 5.74) is 0. The number of halogens is 1. The molecular formula is C19H28IN3O2S2. The third kappa shape index (κ3) is 8.18. The number of benzene rings is 1. The highest BCUT2D eigenvalue weighted by Crippen LogP contribution is 2.17. The standard InChI is InChI=1S/C19H27N3O2S2.HI/c1-3-16-11-12-17(25-16)15-22-19(20-4-2)21-13-8-14-26(23,24)18-9-6-5-7-10-18;/h5-7,9-12H,3-4,8,13-15H2,1-2H3,(H2,20,21,22);1H. The molecule has 1 aromatic heterocycles. The summed E-state index contributed by atoms with van der Waals surface area (Å²) in [4.78, 5) is 7.55. The molecule has 1 heterocycles. The van der Waals surface area contributed by atoms with Crippen molar-refractivity contribution in [2.75, 3.05) is 18.8 Å². The van der Waals surface area contributed by atoms with Gasteiger partial charge in [-0.1, -0.05) is 25.1 Å². The molecule has 2 aromatic rings. The lowest BCUT2D eigenvalue weighted by atomic mass is 10.4. The molecule has 150 valence electrons. The molecule has 0 bridgehead atoms. The summed E-state index contributed by atoms with van der Waals surface area (Å²) >= 11 is 1.78. The van der Waals surface area contributed by atoms with Gasteiger partial charge in [-0.15, -0.1) is 35.3 Å². The second-order valence-electron chi connectivity index (χ2n) is 5.83. The molecule has 0 radical (unpaired) electrons. The highest BCUT2D eigenvalue weighted by atomic mass is 127. The van der Waals surface area contributed by atoms with Crippen molar-refractivity contribution in [3.63, 3.8) is 0 Å². The van der Waals surface area contributed by atoms with Gasteiger partial charge in [-0.2, -0.15) is 0 Å². The predicted octanol–water partition coefficient (Wildman–Crippen LogP) is 3.85. The Bertz CT molecular complexity index is 805. The van der Waals surface area contributed by atoms with Gasteiger partial charge >= 0.3 is 0 Å². The first kappa shape index (κ1) is 23.9. The number of aryl methyl sites for hydroxylation is 1. The number of rotatable bonds is 9. The van der Waals surface area contributed by atoms with Crippen LogP contribution < -0.4 is 10.6 Å². The zero-order valence-electron chi connectivity index (χ0n) is 15.8. The highest BCUT2D eigenvalue weighted by Gasteiger charge is 2.13. The number of sulfone groups is 1. The van der Waals surface area contributed by atoms with E-state index < -0.39 is 9.84 Å². The lowest BCUT2D eigenvalue weighted by molar-refractivity contribution is 0.592. The van der Waals surface area contributed by atoms with Gasteiger partial charge in [0.2, 0.25) is 0 Å². The van der Waals surface area contributed by atoms with E-state index in [0.29, 0.717) is 24.4 Å². The van der Waals surface area contributed by atoms with Gasteiger partial charge in [0.1, 0.15) is 0 Å². The first-order valence-electron chi connectivity index (χ1n) is 8.92. The van der Waals surface area contributed by atoms with E-state index in [2.05, 4.69) is 34.7 Å². The van der Waals surface area contributed by atoms with Gasteiger partial charge in [0.05, 0.1) is 17.2 Å². The molecule has 0 unspecified atom stereocenters. The van der Waals surface area contributed by atoms with Crippen molar-refractivity contribution in [3.05, 3.63) is 52.2 Å². The van der Waals surface area contributed by atoms with E-state index in [1.807, 2.05) is 13.0 Å². The van der Waals surface area contributed by atoms with Gasteiger partial charge in [-0.05, 0) is 44.0 Å². The van der Waals surface area contributed by atoms with Crippen LogP contribution in [0, 0.1) is 0 Å². The Hall–Kier alpha value is -1.13. The molecule has 5 nitrogen and oxygen atoms in total. The van der Waals surface area contributed by atoms with E-state index in [1.54, 1.807) is 35.6 Å². The number of guanidine groups is 1. The lowest BCUT2D eigenvalue weighted by Gasteiger charge is -2.11. The van der Waals surface area contributed by atoms with Crippen molar-refractivity contribution in [1.82, 2.24) is 10.6 Å². The third-order valence-electron chi connectivity index (χ3n) is 3.79. The van der Waals surface area contributed by atoms with Crippen molar-refractivity contribution in [2.45, 2.75) is 38.1 Å². The van der Waals surface area contributed by atoms with E-state index in [0.717, 1.165) is 18.9 Å². The third-order valence-corrected chi connectivity index (χ3v) is 6.82. The van der Waals surface area contributed by atoms with Crippen LogP contribution in [0.2, 0.25) is 0 Å². The molecule has 0 saturated heterocycles. The van der Waals surface area contributed by atoms with Gasteiger partial charge in [0, 0.05) is 22.8 Å². The van der Waals surface area contributed by atoms with Gasteiger partial charge in [0.15, 0.2) is 15.8 Å². The maximum atomic E-state index is 12.3. The first-order chi connectivity index (χ1) is 12.5. The minimum atomic E-state index is -3.22. The number of nitrogens with zero attached hydrogens (tertiary/aromatic N) is 1. The van der Waals surface area contributed by atoms with Crippen LogP contribution in [0.1, 0.15) is 30.0 Å². The number of hydrogen-bond acceptors (Lipinski definition) is 4. The Balaban J connectivity index is 0.00000364. The summed E-state index contributed by atoms with van der Waals surface area (Å²) < 4.78 is 24.5. The van der Waals surface area contributed by atoms with Crippen LogP contribution >= 0.6 is 35.3 Å². The molecule has 2 N–H and O–H groups in total. The highest BCUT2D eigenvalue weighted by molar-refractivity contribution is 14.0. The molecule has 0 atom stereocenters. The van der Waals surface area contributed by atoms with Gasteiger partial charge in [-0.25, -0.2) is 13.4 Å². The largest absolute Gasteiger partial charge is 0.357 e. The van der Waals surface area contributed by atoms with Crippen LogP contribution in [0.3, 0.4) is 0 Å². The van der Waals surface area contributed by atoms with Crippen LogP contribution in [0.4, 0.5) is 0 Å². The molecule has 8 heteroatoms. The van der Waals surface area contributed by atoms with Crippen molar-refractivity contribution < 1.29 is 8.42 Å². The monoisotopic (exact) mass is 521 g/mol. The van der Waals surface area contributed by atoms with E-state index in [4.69, 9.17) is 0 Å². The van der Waals surface area contributed by atoms with Crippen molar-refractivity contribution in [1.29, 1.82) is 0 Å². The molecule has 1 aromatic carbocycles. The fraction of sp³-hybridized carbons (Fsp3) is 0.421. The Labute approximate surface area is 183 Å². The van der Waals surface area contributed by atoms with E-state index >= 15 is 0 Å². The van der Waals surface area contributed by atoms with E-state index in [1.165, 1.54) is 9.75 Å². The summed E-state index contributed by atoms with van der Waals surface area (Å²) in [5, 5.41) is 6.41. The molecule has 0 aliphatic heterocycles. The fourth-order valence-corrected chi connectivity index (χ4v) is 4.62. The van der Waals surface area contributed by atoms with Gasteiger partial charge in [-0.3, -0.25) is 0 Å². The number of thiophene rings is 1. The minimum absolute atomic E-state index is 0. The van der Waals surface area contributed by atoms with Crippen molar-refractivity contribution in [3.8, 4) is 0 Å². The summed E-state index contributed by atoms with van der Waals surface area (Å²) in [6.07, 6.45) is 1.57. The molecule has 2 rings (SSSR count). The van der Waals surface area contributed by atoms with Crippen LogP contribution in [0.5, 0.6) is 0 Å². The SMILES string of the molecule is CCNC(=NCc1ccc(CC)s1)NCCCS(=O)(=O)c1ccccc1.I. The molecule has 0 amide bonds. The topological polar surface area (TPSA) is 70.6 Å². The summed E-state index contributed by atoms with van der Waals surface area (Å²) in [6.45, 7) is 6.11. The summed E-state index contributed by atoms with van der Waals surface area (Å²) in [5.74, 6) is 0.838. The Kier molecular flexibility index (Phi) is 10.9. The number of hydrogen-bond donors (Lipinski definition) is 2. The Morgan fingerprint density at radius 3 is 2.37 bits per heavy atom. The Morgan fingerprint density at radius 1 is 1.04 bits per heavy atom. The van der Waals surface area contributed by atoms with Gasteiger partial charge in [0.25, 0.3) is 0 Å². The summed E-state index contributed by atoms with van der Waals surface area (Å²) in [7, 11) is -3.22. The second-order valence-corrected chi connectivity index (χ2v) is 9.19. The predicted molar refractivity (Wildman–Crippen MR) is 125 cm³/mol. The van der Waals surface area contributed by atoms with Crippen LogP contribution in [0.25, 0.3) is 0 Å². The van der Waals surface area contributed by atoms with E-state index in [9.17, 15) is 8.42 Å². The van der Waals surface area contributed by atoms with Crippen molar-refractivity contribution in [2.24, 2.45) is 4.99 Å².